The molecule has 2 aliphatic heterocycles. The number of benzene rings is 2. The Morgan fingerprint density at radius 2 is 1.67 bits per heavy atom. The average molecular weight is 526 g/mol. The smallest absolute Gasteiger partial charge is 0.407 e. The van der Waals surface area contributed by atoms with Gasteiger partial charge in [-0.25, -0.2) is 14.8 Å². The van der Waals surface area contributed by atoms with E-state index in [-0.39, 0.29) is 11.9 Å². The molecule has 39 heavy (non-hydrogen) atoms. The molecule has 2 fully saturated rings. The van der Waals surface area contributed by atoms with E-state index in [0.717, 1.165) is 70.6 Å². The van der Waals surface area contributed by atoms with E-state index in [1.54, 1.807) is 11.8 Å². The van der Waals surface area contributed by atoms with Crippen LogP contribution in [-0.4, -0.2) is 63.1 Å². The van der Waals surface area contributed by atoms with Gasteiger partial charge in [0.25, 0.3) is 0 Å². The molecule has 2 saturated heterocycles. The van der Waals surface area contributed by atoms with Crippen LogP contribution in [0.5, 0.6) is 0 Å². The maximum absolute atomic E-state index is 13.0. The highest BCUT2D eigenvalue weighted by Crippen LogP contribution is 2.32. The number of likely N-dealkylation sites (tertiary alicyclic amines) is 1. The number of fused-ring (bicyclic) bond motifs is 2. The van der Waals surface area contributed by atoms with Gasteiger partial charge in [0, 0.05) is 17.7 Å². The Kier molecular flexibility index (Phi) is 6.67. The minimum absolute atomic E-state index is 0.157. The lowest BCUT2D eigenvalue weighted by Crippen LogP contribution is -2.46. The molecule has 6 rings (SSSR count). The van der Waals surface area contributed by atoms with Crippen LogP contribution in [0.3, 0.4) is 0 Å². The predicted octanol–water partition coefficient (Wildman–Crippen LogP) is 3.67. The van der Waals surface area contributed by atoms with Crippen molar-refractivity contribution in [3.63, 3.8) is 0 Å². The second-order valence-corrected chi connectivity index (χ2v) is 10.2. The highest BCUT2D eigenvalue weighted by molar-refractivity contribution is 5.86. The molecule has 2 aliphatic rings. The van der Waals surface area contributed by atoms with Gasteiger partial charge in [-0.3, -0.25) is 4.79 Å². The third-order valence-electron chi connectivity index (χ3n) is 7.49. The summed E-state index contributed by atoms with van der Waals surface area (Å²) in [6.45, 7) is 3.31. The molecule has 4 heterocycles. The normalized spacial score (nSPS) is 19.7. The standard InChI is InChI=1S/C29H31N7O3/c1-17(31-29(38)39-2)28(37)36-14-4-6-25(36)27-33-21-12-10-19(16-24(21)35-27)8-7-18-9-11-20-23(15-18)34-26(32-20)22-5-3-13-30-22/h9-12,15-17,22,25,30H,3-6,13-14H2,1-2H3,(H,31,38)(H,32,34)(H,33,35)/t17-,22-,25-/m0/s1. The van der Waals surface area contributed by atoms with Gasteiger partial charge in [-0.05, 0) is 75.5 Å². The van der Waals surface area contributed by atoms with Gasteiger partial charge in [-0.2, -0.15) is 0 Å². The molecule has 0 unspecified atom stereocenters. The number of ether oxygens (including phenoxy) is 1. The molecule has 2 aromatic heterocycles. The number of nitrogens with one attached hydrogen (secondary N) is 4. The maximum atomic E-state index is 13.0. The second-order valence-electron chi connectivity index (χ2n) is 10.2. The fraction of sp³-hybridized carbons (Fsp3) is 0.379. The van der Waals surface area contributed by atoms with Gasteiger partial charge in [0.05, 0.1) is 41.3 Å². The number of nitrogens with zero attached hydrogens (tertiary/aromatic N) is 3. The van der Waals surface area contributed by atoms with E-state index in [2.05, 4.69) is 37.2 Å². The van der Waals surface area contributed by atoms with Crippen LogP contribution in [0.1, 0.15) is 67.5 Å². The van der Waals surface area contributed by atoms with Crippen molar-refractivity contribution >= 4 is 34.1 Å². The lowest BCUT2D eigenvalue weighted by Gasteiger charge is -2.26. The molecule has 0 aliphatic carbocycles. The van der Waals surface area contributed by atoms with Gasteiger partial charge in [-0.1, -0.05) is 11.8 Å². The van der Waals surface area contributed by atoms with Gasteiger partial charge in [0.1, 0.15) is 17.7 Å². The zero-order chi connectivity index (χ0) is 26.9. The minimum atomic E-state index is -0.684. The Bertz CT molecular complexity index is 1610. The number of hydrogen-bond donors (Lipinski definition) is 4. The maximum Gasteiger partial charge on any atom is 0.407 e. The van der Waals surface area contributed by atoms with Gasteiger partial charge in [0.2, 0.25) is 5.91 Å². The summed E-state index contributed by atoms with van der Waals surface area (Å²) in [5, 5.41) is 6.04. The number of hydrogen-bond acceptors (Lipinski definition) is 6. The van der Waals surface area contributed by atoms with Gasteiger partial charge in [-0.15, -0.1) is 0 Å². The summed E-state index contributed by atoms with van der Waals surface area (Å²) in [5.74, 6) is 8.08. The van der Waals surface area contributed by atoms with Crippen LogP contribution in [0.2, 0.25) is 0 Å². The lowest BCUT2D eigenvalue weighted by molar-refractivity contribution is -0.134. The molecule has 0 saturated carbocycles. The summed E-state index contributed by atoms with van der Waals surface area (Å²) < 4.78 is 4.63. The number of aromatic amines is 2. The van der Waals surface area contributed by atoms with Crippen molar-refractivity contribution in [3.05, 3.63) is 59.2 Å². The average Bonchev–Trinajstić information content (AvgIpc) is 3.75. The molecule has 200 valence electrons. The molecular weight excluding hydrogens is 494 g/mol. The number of rotatable bonds is 4. The van der Waals surface area contributed by atoms with Crippen LogP contribution in [-0.2, 0) is 9.53 Å². The Hall–Kier alpha value is -4.36. The van der Waals surface area contributed by atoms with E-state index in [4.69, 9.17) is 9.97 Å². The van der Waals surface area contributed by atoms with Crippen molar-refractivity contribution in [1.29, 1.82) is 0 Å². The Morgan fingerprint density at radius 1 is 1.00 bits per heavy atom. The fourth-order valence-electron chi connectivity index (χ4n) is 5.45. The number of carbonyl (C=O) groups excluding carboxylic acids is 2. The molecule has 0 radical (unpaired) electrons. The number of amides is 2. The van der Waals surface area contributed by atoms with Crippen molar-refractivity contribution in [2.45, 2.75) is 50.7 Å². The largest absolute Gasteiger partial charge is 0.453 e. The lowest BCUT2D eigenvalue weighted by atomic mass is 10.1. The Balaban J connectivity index is 1.19. The number of alkyl carbamates (subject to hydrolysis) is 1. The van der Waals surface area contributed by atoms with Crippen molar-refractivity contribution in [2.75, 3.05) is 20.2 Å². The van der Waals surface area contributed by atoms with Crippen LogP contribution >= 0.6 is 0 Å². The van der Waals surface area contributed by atoms with Gasteiger partial charge < -0.3 is 30.2 Å². The molecule has 4 aromatic rings. The van der Waals surface area contributed by atoms with E-state index in [9.17, 15) is 9.59 Å². The SMILES string of the molecule is COC(=O)N[C@@H](C)C(=O)N1CCC[C@H]1c1nc2cc(C#Cc3ccc4[nH]c([C@@H]5CCCN5)nc4c3)ccc2[nH]1. The first kappa shape index (κ1) is 24.9. The summed E-state index contributed by atoms with van der Waals surface area (Å²) in [7, 11) is 1.28. The number of aromatic nitrogens is 4. The minimum Gasteiger partial charge on any atom is -0.453 e. The molecule has 0 spiro atoms. The number of H-pyrrole nitrogens is 2. The first-order valence-corrected chi connectivity index (χ1v) is 13.4. The monoisotopic (exact) mass is 525 g/mol. The summed E-state index contributed by atoms with van der Waals surface area (Å²) >= 11 is 0. The van der Waals surface area contributed by atoms with Crippen LogP contribution in [0, 0.1) is 11.8 Å². The van der Waals surface area contributed by atoms with Crippen LogP contribution in [0.4, 0.5) is 4.79 Å². The Labute approximate surface area is 225 Å². The molecule has 10 heteroatoms. The van der Waals surface area contributed by atoms with E-state index in [0.29, 0.717) is 12.6 Å². The quantitative estimate of drug-likeness (QED) is 0.301. The van der Waals surface area contributed by atoms with Crippen LogP contribution < -0.4 is 10.6 Å². The molecule has 2 amide bonds. The molecular formula is C29H31N7O3. The van der Waals surface area contributed by atoms with Gasteiger partial charge >= 0.3 is 6.09 Å². The topological polar surface area (TPSA) is 128 Å². The molecule has 3 atom stereocenters. The van der Waals surface area contributed by atoms with Crippen LogP contribution in [0.25, 0.3) is 22.1 Å². The highest BCUT2D eigenvalue weighted by atomic mass is 16.5. The zero-order valence-corrected chi connectivity index (χ0v) is 22.0. The Morgan fingerprint density at radius 3 is 2.31 bits per heavy atom. The summed E-state index contributed by atoms with van der Waals surface area (Å²) in [6.07, 6.45) is 3.32. The first-order valence-electron chi connectivity index (χ1n) is 13.4. The van der Waals surface area contributed by atoms with Crippen molar-refractivity contribution in [1.82, 2.24) is 35.5 Å². The van der Waals surface area contributed by atoms with E-state index >= 15 is 0 Å². The third kappa shape index (κ3) is 5.05. The van der Waals surface area contributed by atoms with E-state index in [1.807, 2.05) is 36.4 Å². The number of methoxy groups -OCH3 is 1. The highest BCUT2D eigenvalue weighted by Gasteiger charge is 2.34. The molecule has 2 aromatic carbocycles. The second kappa shape index (κ2) is 10.4. The summed E-state index contributed by atoms with van der Waals surface area (Å²) in [5.41, 5.74) is 5.38. The van der Waals surface area contributed by atoms with Crippen molar-refractivity contribution < 1.29 is 14.3 Å². The molecule has 4 N–H and O–H groups in total. The predicted molar refractivity (Wildman–Crippen MR) is 147 cm³/mol. The van der Waals surface area contributed by atoms with Crippen LogP contribution in [0.15, 0.2) is 36.4 Å². The molecule has 10 nitrogen and oxygen atoms in total. The third-order valence-corrected chi connectivity index (χ3v) is 7.49. The first-order chi connectivity index (χ1) is 19.0. The van der Waals surface area contributed by atoms with E-state index in [1.165, 1.54) is 13.5 Å². The van der Waals surface area contributed by atoms with E-state index < -0.39 is 12.1 Å². The van der Waals surface area contributed by atoms with Crippen molar-refractivity contribution in [3.8, 4) is 11.8 Å². The summed E-state index contributed by atoms with van der Waals surface area (Å²) in [6, 6.07) is 11.4. The fourth-order valence-corrected chi connectivity index (χ4v) is 5.45. The number of imidazole rings is 2. The zero-order valence-electron chi connectivity index (χ0n) is 22.0. The molecule has 0 bridgehead atoms. The summed E-state index contributed by atoms with van der Waals surface area (Å²) in [4.78, 5) is 42.7. The van der Waals surface area contributed by atoms with Gasteiger partial charge in [0.15, 0.2) is 0 Å². The van der Waals surface area contributed by atoms with Crippen molar-refractivity contribution in [2.24, 2.45) is 0 Å². The number of carbonyl (C=O) groups is 2.